The van der Waals surface area contributed by atoms with Gasteiger partial charge in [0.25, 0.3) is 0 Å². The summed E-state index contributed by atoms with van der Waals surface area (Å²) in [5.74, 6) is 1.68. The molecule has 0 aromatic heterocycles. The fraction of sp³-hybridized carbons (Fsp3) is 0.190. The molecule has 27 heavy (non-hydrogen) atoms. The number of hydrogen-bond acceptors (Lipinski definition) is 3. The predicted octanol–water partition coefficient (Wildman–Crippen LogP) is 4.44. The molecule has 0 atom stereocenters. The molecule has 0 radical (unpaired) electrons. The monoisotopic (exact) mass is 477 g/mol. The molecule has 0 saturated carbocycles. The molecule has 0 saturated heterocycles. The van der Waals surface area contributed by atoms with Crippen molar-refractivity contribution in [1.29, 1.82) is 0 Å². The van der Waals surface area contributed by atoms with E-state index in [0.717, 1.165) is 12.1 Å². The molecule has 3 rings (SSSR count). The first-order chi connectivity index (χ1) is 12.7. The lowest BCUT2D eigenvalue weighted by Crippen LogP contribution is -2.23. The first-order valence-electron chi connectivity index (χ1n) is 8.47. The Hall–Kier alpha value is -2.48. The highest BCUT2D eigenvalue weighted by atomic mass is 127. The maximum absolute atomic E-state index is 6.01. The lowest BCUT2D eigenvalue weighted by Gasteiger charge is -2.11. The second-order valence-electron chi connectivity index (χ2n) is 5.85. The second kappa shape index (κ2) is 10.0. The lowest BCUT2D eigenvalue weighted by molar-refractivity contribution is 0.355. The van der Waals surface area contributed by atoms with Gasteiger partial charge in [-0.2, -0.15) is 0 Å². The third kappa shape index (κ3) is 5.26. The van der Waals surface area contributed by atoms with E-state index in [2.05, 4.69) is 52.8 Å². The minimum Gasteiger partial charge on any atom is -0.493 e. The largest absolute Gasteiger partial charge is 0.493 e. The molecule has 0 aliphatic rings. The summed E-state index contributed by atoms with van der Waals surface area (Å²) < 4.78 is 10.5. The predicted molar refractivity (Wildman–Crippen MR) is 123 cm³/mol. The fourth-order valence-electron chi connectivity index (χ4n) is 2.91. The Bertz CT molecular complexity index is 923. The molecular formula is C21H24IN3O2. The van der Waals surface area contributed by atoms with Crippen LogP contribution in [-0.4, -0.2) is 26.7 Å². The number of hydrogen-bond donors (Lipinski definition) is 2. The van der Waals surface area contributed by atoms with Gasteiger partial charge in [0.15, 0.2) is 17.5 Å². The summed E-state index contributed by atoms with van der Waals surface area (Å²) in [4.78, 5) is 4.43. The number of halogens is 1. The Morgan fingerprint density at radius 3 is 2.48 bits per heavy atom. The van der Waals surface area contributed by atoms with Gasteiger partial charge >= 0.3 is 0 Å². The van der Waals surface area contributed by atoms with E-state index in [1.807, 2.05) is 18.2 Å². The van der Waals surface area contributed by atoms with Crippen molar-refractivity contribution >= 4 is 46.4 Å². The smallest absolute Gasteiger partial charge is 0.193 e. The van der Waals surface area contributed by atoms with Gasteiger partial charge in [-0.1, -0.05) is 42.5 Å². The first kappa shape index (κ1) is 20.8. The van der Waals surface area contributed by atoms with Crippen LogP contribution in [0.3, 0.4) is 0 Å². The Balaban J connectivity index is 0.00000261. The van der Waals surface area contributed by atoms with Crippen LogP contribution in [0.15, 0.2) is 65.7 Å². The summed E-state index contributed by atoms with van der Waals surface area (Å²) in [6.45, 7) is 0.611. The number of nitrogens with zero attached hydrogens (tertiary/aromatic N) is 1. The summed E-state index contributed by atoms with van der Waals surface area (Å²) in [5.41, 5.74) is 8.08. The van der Waals surface area contributed by atoms with Crippen LogP contribution in [0.4, 0.5) is 5.69 Å². The summed E-state index contributed by atoms with van der Waals surface area (Å²) >= 11 is 0. The topological polar surface area (TPSA) is 68.9 Å². The molecule has 3 aromatic rings. The van der Waals surface area contributed by atoms with Crippen molar-refractivity contribution in [1.82, 2.24) is 0 Å². The van der Waals surface area contributed by atoms with Crippen LogP contribution >= 0.6 is 24.0 Å². The molecule has 0 spiro atoms. The Labute approximate surface area is 176 Å². The SMILES string of the molecule is COc1ccc(NC(N)=NCCc2cccc3ccccc23)cc1OC.I. The minimum atomic E-state index is 0. The van der Waals surface area contributed by atoms with Crippen LogP contribution in [0.2, 0.25) is 0 Å². The van der Waals surface area contributed by atoms with Gasteiger partial charge in [-0.3, -0.25) is 4.99 Å². The molecule has 3 N–H and O–H groups in total. The highest BCUT2D eigenvalue weighted by molar-refractivity contribution is 14.0. The molecule has 0 fully saturated rings. The molecule has 0 heterocycles. The summed E-state index contributed by atoms with van der Waals surface area (Å²) in [6, 6.07) is 20.2. The molecule has 0 amide bonds. The molecule has 6 heteroatoms. The van der Waals surface area contributed by atoms with Crippen molar-refractivity contribution in [2.75, 3.05) is 26.1 Å². The van der Waals surface area contributed by atoms with Gasteiger partial charge in [0, 0.05) is 18.3 Å². The standard InChI is InChI=1S/C21H23N3O2.HI/c1-25-19-11-10-17(14-20(19)26-2)24-21(22)23-13-12-16-8-5-7-15-6-3-4-9-18(15)16;/h3-11,14H,12-13H2,1-2H3,(H3,22,23,24);1H. The number of benzene rings is 3. The van der Waals surface area contributed by atoms with Crippen LogP contribution < -0.4 is 20.5 Å². The quantitative estimate of drug-likeness (QED) is 0.313. The van der Waals surface area contributed by atoms with Crippen molar-refractivity contribution in [3.05, 3.63) is 66.2 Å². The van der Waals surface area contributed by atoms with Crippen LogP contribution in [0, 0.1) is 0 Å². The zero-order valence-electron chi connectivity index (χ0n) is 15.4. The third-order valence-corrected chi connectivity index (χ3v) is 4.20. The molecule has 0 aliphatic heterocycles. The van der Waals surface area contributed by atoms with Gasteiger partial charge in [-0.25, -0.2) is 0 Å². The lowest BCUT2D eigenvalue weighted by atomic mass is 10.0. The molecular weight excluding hydrogens is 453 g/mol. The van der Waals surface area contributed by atoms with Crippen molar-refractivity contribution in [3.63, 3.8) is 0 Å². The number of fused-ring (bicyclic) bond motifs is 1. The average Bonchev–Trinajstić information content (AvgIpc) is 2.68. The zero-order valence-corrected chi connectivity index (χ0v) is 17.8. The highest BCUT2D eigenvalue weighted by Gasteiger charge is 2.05. The Morgan fingerprint density at radius 2 is 1.70 bits per heavy atom. The van der Waals surface area contributed by atoms with Crippen molar-refractivity contribution in [2.24, 2.45) is 10.7 Å². The maximum Gasteiger partial charge on any atom is 0.193 e. The van der Waals surface area contributed by atoms with Crippen LogP contribution in [-0.2, 0) is 6.42 Å². The number of nitrogens with one attached hydrogen (secondary N) is 1. The summed E-state index contributed by atoms with van der Waals surface area (Å²) in [7, 11) is 3.21. The van der Waals surface area contributed by atoms with Crippen molar-refractivity contribution in [3.8, 4) is 11.5 Å². The van der Waals surface area contributed by atoms with Gasteiger partial charge in [0.05, 0.1) is 14.2 Å². The van der Waals surface area contributed by atoms with E-state index in [-0.39, 0.29) is 24.0 Å². The van der Waals surface area contributed by atoms with E-state index >= 15 is 0 Å². The van der Waals surface area contributed by atoms with Crippen molar-refractivity contribution in [2.45, 2.75) is 6.42 Å². The molecule has 0 bridgehead atoms. The van der Waals surface area contributed by atoms with E-state index in [1.165, 1.54) is 16.3 Å². The number of nitrogens with two attached hydrogens (primary N) is 1. The van der Waals surface area contributed by atoms with Crippen LogP contribution in [0.25, 0.3) is 10.8 Å². The van der Waals surface area contributed by atoms with Crippen LogP contribution in [0.1, 0.15) is 5.56 Å². The number of guanidine groups is 1. The minimum absolute atomic E-state index is 0. The second-order valence-corrected chi connectivity index (χ2v) is 5.85. The van der Waals surface area contributed by atoms with Gasteiger partial charge in [0.1, 0.15) is 0 Å². The van der Waals surface area contributed by atoms with E-state index in [9.17, 15) is 0 Å². The number of ether oxygens (including phenoxy) is 2. The van der Waals surface area contributed by atoms with E-state index in [1.54, 1.807) is 14.2 Å². The molecule has 142 valence electrons. The van der Waals surface area contributed by atoms with Crippen molar-refractivity contribution < 1.29 is 9.47 Å². The molecule has 0 aliphatic carbocycles. The molecule has 5 nitrogen and oxygen atoms in total. The highest BCUT2D eigenvalue weighted by Crippen LogP contribution is 2.29. The first-order valence-corrected chi connectivity index (χ1v) is 8.47. The van der Waals surface area contributed by atoms with Gasteiger partial charge in [-0.05, 0) is 34.9 Å². The van der Waals surface area contributed by atoms with Gasteiger partial charge in [0.2, 0.25) is 0 Å². The summed E-state index contributed by atoms with van der Waals surface area (Å²) in [5, 5.41) is 5.59. The van der Waals surface area contributed by atoms with Gasteiger partial charge < -0.3 is 20.5 Å². The summed E-state index contributed by atoms with van der Waals surface area (Å²) in [6.07, 6.45) is 0.829. The zero-order chi connectivity index (χ0) is 18.4. The van der Waals surface area contributed by atoms with E-state index in [4.69, 9.17) is 15.2 Å². The van der Waals surface area contributed by atoms with Crippen LogP contribution in [0.5, 0.6) is 11.5 Å². The Kier molecular flexibility index (Phi) is 7.72. The van der Waals surface area contributed by atoms with Gasteiger partial charge in [-0.15, -0.1) is 24.0 Å². The fourth-order valence-corrected chi connectivity index (χ4v) is 2.91. The molecule has 0 unspecified atom stereocenters. The number of methoxy groups -OCH3 is 2. The van der Waals surface area contributed by atoms with E-state index in [0.29, 0.717) is 24.0 Å². The number of aliphatic imine (C=N–C) groups is 1. The maximum atomic E-state index is 6.01. The number of rotatable bonds is 6. The third-order valence-electron chi connectivity index (χ3n) is 4.20. The molecule has 3 aromatic carbocycles. The normalized spacial score (nSPS) is 11.0. The average molecular weight is 477 g/mol. The number of anilines is 1. The Morgan fingerprint density at radius 1 is 0.963 bits per heavy atom. The van der Waals surface area contributed by atoms with E-state index < -0.39 is 0 Å².